The van der Waals surface area contributed by atoms with Gasteiger partial charge in [-0.15, -0.1) is 0 Å². The quantitative estimate of drug-likeness (QED) is 0.901. The van der Waals surface area contributed by atoms with E-state index >= 15 is 0 Å². The summed E-state index contributed by atoms with van der Waals surface area (Å²) in [6.07, 6.45) is 4.54. The summed E-state index contributed by atoms with van der Waals surface area (Å²) in [5.41, 5.74) is 0.578. The minimum atomic E-state index is -0.0576. The van der Waals surface area contributed by atoms with Crippen LogP contribution in [0.25, 0.3) is 0 Å². The highest BCUT2D eigenvalue weighted by Gasteiger charge is 2.20. The first kappa shape index (κ1) is 15.2. The Morgan fingerprint density at radius 2 is 2.18 bits per heavy atom. The number of carbonyl (C=O) groups is 1. The predicted molar refractivity (Wildman–Crippen MR) is 82.1 cm³/mol. The fraction of sp³-hybridized carbons (Fsp3) is 0.625. The summed E-state index contributed by atoms with van der Waals surface area (Å²) in [5, 5.41) is 3.08. The highest BCUT2D eigenvalue weighted by molar-refractivity contribution is 5.94. The third kappa shape index (κ3) is 3.96. The second-order valence-electron chi connectivity index (χ2n) is 6.04. The number of carbonyl (C=O) groups excluding carboxylic acids is 1. The van der Waals surface area contributed by atoms with Crippen molar-refractivity contribution in [2.75, 3.05) is 33.4 Å². The lowest BCUT2D eigenvalue weighted by Gasteiger charge is -2.29. The third-order valence-corrected chi connectivity index (χ3v) is 4.23. The molecule has 0 spiro atoms. The number of aromatic nitrogens is 1. The SMILES string of the molecule is CN1CCC(NC(=O)c2ccc(OC3CCOC3)nc2)CC1. The molecule has 6 heteroatoms. The van der Waals surface area contributed by atoms with E-state index in [0.29, 0.717) is 18.1 Å². The number of ether oxygens (including phenoxy) is 2. The Kier molecular flexibility index (Phi) is 4.90. The monoisotopic (exact) mass is 305 g/mol. The van der Waals surface area contributed by atoms with Crippen LogP contribution in [0.5, 0.6) is 5.88 Å². The van der Waals surface area contributed by atoms with Crippen LogP contribution in [0.3, 0.4) is 0 Å². The van der Waals surface area contributed by atoms with Crippen LogP contribution in [0, 0.1) is 0 Å². The molecule has 1 unspecified atom stereocenters. The molecule has 1 N–H and O–H groups in total. The number of likely N-dealkylation sites (tertiary alicyclic amines) is 1. The van der Waals surface area contributed by atoms with Crippen molar-refractivity contribution in [3.05, 3.63) is 23.9 Å². The molecule has 1 aromatic heterocycles. The van der Waals surface area contributed by atoms with Gasteiger partial charge in [-0.1, -0.05) is 0 Å². The minimum Gasteiger partial charge on any atom is -0.472 e. The average molecular weight is 305 g/mol. The smallest absolute Gasteiger partial charge is 0.253 e. The first-order chi connectivity index (χ1) is 10.7. The van der Waals surface area contributed by atoms with Crippen LogP contribution in [0.2, 0.25) is 0 Å². The molecule has 6 nitrogen and oxygen atoms in total. The van der Waals surface area contributed by atoms with Crippen LogP contribution >= 0.6 is 0 Å². The Hall–Kier alpha value is -1.66. The van der Waals surface area contributed by atoms with E-state index < -0.39 is 0 Å². The summed E-state index contributed by atoms with van der Waals surface area (Å²) in [6, 6.07) is 3.78. The topological polar surface area (TPSA) is 63.7 Å². The lowest BCUT2D eigenvalue weighted by Crippen LogP contribution is -2.43. The normalized spacial score (nSPS) is 23.4. The Balaban J connectivity index is 1.51. The molecule has 22 heavy (non-hydrogen) atoms. The minimum absolute atomic E-state index is 0.0576. The molecule has 120 valence electrons. The Morgan fingerprint density at radius 3 is 2.82 bits per heavy atom. The zero-order valence-electron chi connectivity index (χ0n) is 13.0. The Bertz CT molecular complexity index is 492. The van der Waals surface area contributed by atoms with Crippen molar-refractivity contribution < 1.29 is 14.3 Å². The van der Waals surface area contributed by atoms with Crippen molar-refractivity contribution in [2.24, 2.45) is 0 Å². The van der Waals surface area contributed by atoms with E-state index in [0.717, 1.165) is 39.0 Å². The number of hydrogen-bond acceptors (Lipinski definition) is 5. The standard InChI is InChI=1S/C16H23N3O3/c1-19-7-4-13(5-8-19)18-16(20)12-2-3-15(17-10-12)22-14-6-9-21-11-14/h2-3,10,13-14H,4-9,11H2,1H3,(H,18,20). The molecule has 1 amide bonds. The number of nitrogens with zero attached hydrogens (tertiary/aromatic N) is 2. The van der Waals surface area contributed by atoms with Crippen LogP contribution in [0.15, 0.2) is 18.3 Å². The summed E-state index contributed by atoms with van der Waals surface area (Å²) < 4.78 is 11.0. The van der Waals surface area contributed by atoms with Gasteiger partial charge in [0.2, 0.25) is 5.88 Å². The van der Waals surface area contributed by atoms with Gasteiger partial charge < -0.3 is 19.7 Å². The number of pyridine rings is 1. The molecule has 1 atom stereocenters. The van der Waals surface area contributed by atoms with Gasteiger partial charge in [0.15, 0.2) is 0 Å². The molecule has 2 saturated heterocycles. The fourth-order valence-electron chi connectivity index (χ4n) is 2.78. The fourth-order valence-corrected chi connectivity index (χ4v) is 2.78. The first-order valence-corrected chi connectivity index (χ1v) is 7.90. The number of hydrogen-bond donors (Lipinski definition) is 1. The van der Waals surface area contributed by atoms with Gasteiger partial charge in [0.1, 0.15) is 6.10 Å². The maximum Gasteiger partial charge on any atom is 0.253 e. The van der Waals surface area contributed by atoms with Gasteiger partial charge in [-0.05, 0) is 39.0 Å². The first-order valence-electron chi connectivity index (χ1n) is 7.90. The van der Waals surface area contributed by atoms with E-state index in [2.05, 4.69) is 22.2 Å². The van der Waals surface area contributed by atoms with E-state index in [1.54, 1.807) is 18.3 Å². The average Bonchev–Trinajstić information content (AvgIpc) is 3.03. The van der Waals surface area contributed by atoms with Gasteiger partial charge in [0.05, 0.1) is 18.8 Å². The van der Waals surface area contributed by atoms with Crippen molar-refractivity contribution in [1.29, 1.82) is 0 Å². The van der Waals surface area contributed by atoms with E-state index in [-0.39, 0.29) is 18.1 Å². The van der Waals surface area contributed by atoms with Crippen LogP contribution < -0.4 is 10.1 Å². The van der Waals surface area contributed by atoms with Crippen LogP contribution in [-0.4, -0.2) is 61.3 Å². The lowest BCUT2D eigenvalue weighted by molar-refractivity contribution is 0.0916. The predicted octanol–water partition coefficient (Wildman–Crippen LogP) is 1.07. The number of rotatable bonds is 4. The molecule has 3 rings (SSSR count). The summed E-state index contributed by atoms with van der Waals surface area (Å²) in [5.74, 6) is 0.490. The largest absolute Gasteiger partial charge is 0.472 e. The number of piperidine rings is 1. The third-order valence-electron chi connectivity index (χ3n) is 4.23. The van der Waals surface area contributed by atoms with Crippen LogP contribution in [0.4, 0.5) is 0 Å². The molecule has 3 heterocycles. The van der Waals surface area contributed by atoms with Gasteiger partial charge in [-0.25, -0.2) is 4.98 Å². The van der Waals surface area contributed by atoms with Crippen molar-refractivity contribution >= 4 is 5.91 Å². The van der Waals surface area contributed by atoms with E-state index in [4.69, 9.17) is 9.47 Å². The molecule has 0 radical (unpaired) electrons. The number of nitrogens with one attached hydrogen (secondary N) is 1. The molecule has 2 aliphatic rings. The van der Waals surface area contributed by atoms with Crippen LogP contribution in [-0.2, 0) is 4.74 Å². The Labute approximate surface area is 130 Å². The molecule has 0 bridgehead atoms. The number of amides is 1. The van der Waals surface area contributed by atoms with Gasteiger partial charge in [0, 0.05) is 24.7 Å². The van der Waals surface area contributed by atoms with Crippen molar-refractivity contribution in [2.45, 2.75) is 31.4 Å². The summed E-state index contributed by atoms with van der Waals surface area (Å²) in [6.45, 7) is 3.40. The van der Waals surface area contributed by atoms with Crippen molar-refractivity contribution in [3.8, 4) is 5.88 Å². The van der Waals surface area contributed by atoms with E-state index in [1.807, 2.05) is 0 Å². The van der Waals surface area contributed by atoms with Gasteiger partial charge in [-0.3, -0.25) is 4.79 Å². The van der Waals surface area contributed by atoms with Gasteiger partial charge in [0.25, 0.3) is 5.91 Å². The molecule has 0 aliphatic carbocycles. The van der Waals surface area contributed by atoms with Crippen LogP contribution in [0.1, 0.15) is 29.6 Å². The van der Waals surface area contributed by atoms with Gasteiger partial charge in [-0.2, -0.15) is 0 Å². The second kappa shape index (κ2) is 7.07. The molecule has 1 aromatic rings. The molecule has 2 aliphatic heterocycles. The maximum atomic E-state index is 12.2. The lowest BCUT2D eigenvalue weighted by atomic mass is 10.1. The summed E-state index contributed by atoms with van der Waals surface area (Å²) in [4.78, 5) is 18.7. The van der Waals surface area contributed by atoms with E-state index in [9.17, 15) is 4.79 Å². The molecule has 0 aromatic carbocycles. The zero-order chi connectivity index (χ0) is 15.4. The highest BCUT2D eigenvalue weighted by Crippen LogP contribution is 2.15. The summed E-state index contributed by atoms with van der Waals surface area (Å²) >= 11 is 0. The molecular weight excluding hydrogens is 282 g/mol. The molecule has 0 saturated carbocycles. The molecule has 2 fully saturated rings. The van der Waals surface area contributed by atoms with Crippen molar-refractivity contribution in [3.63, 3.8) is 0 Å². The summed E-state index contributed by atoms with van der Waals surface area (Å²) in [7, 11) is 2.11. The molecular formula is C16H23N3O3. The second-order valence-corrected chi connectivity index (χ2v) is 6.04. The van der Waals surface area contributed by atoms with Crippen molar-refractivity contribution in [1.82, 2.24) is 15.2 Å². The highest BCUT2D eigenvalue weighted by atomic mass is 16.5. The maximum absolute atomic E-state index is 12.2. The zero-order valence-corrected chi connectivity index (χ0v) is 13.0. The van der Waals surface area contributed by atoms with Gasteiger partial charge >= 0.3 is 0 Å². The Morgan fingerprint density at radius 1 is 1.36 bits per heavy atom. The van der Waals surface area contributed by atoms with E-state index in [1.165, 1.54) is 0 Å².